The number of carbonyl (C=O) groups excluding carboxylic acids is 3. The molecule has 28 heavy (non-hydrogen) atoms. The number of benzene rings is 1. The Morgan fingerprint density at radius 1 is 1.25 bits per heavy atom. The van der Waals surface area contributed by atoms with E-state index in [-0.39, 0.29) is 24.1 Å². The van der Waals surface area contributed by atoms with Crippen LogP contribution in [0.3, 0.4) is 0 Å². The zero-order valence-electron chi connectivity index (χ0n) is 15.9. The molecule has 3 amide bonds. The number of nitrogens with one attached hydrogen (secondary N) is 3. The van der Waals surface area contributed by atoms with Crippen molar-refractivity contribution in [3.63, 3.8) is 0 Å². The first-order valence-electron chi connectivity index (χ1n) is 10.3. The van der Waals surface area contributed by atoms with Gasteiger partial charge in [-0.2, -0.15) is 0 Å². The van der Waals surface area contributed by atoms with Crippen molar-refractivity contribution < 1.29 is 14.4 Å². The van der Waals surface area contributed by atoms with E-state index in [1.165, 1.54) is 19.3 Å². The summed E-state index contributed by atoms with van der Waals surface area (Å²) in [4.78, 5) is 38.4. The molecule has 3 N–H and O–H groups in total. The zero-order chi connectivity index (χ0) is 19.3. The molecule has 3 fully saturated rings. The van der Waals surface area contributed by atoms with Crippen LogP contribution in [0.2, 0.25) is 0 Å². The Kier molecular flexibility index (Phi) is 4.25. The summed E-state index contributed by atoms with van der Waals surface area (Å²) >= 11 is 0. The SMILES string of the molecule is O=C1CCC(N2Cc3cccc(CNCC45CCCNC4C5)c3C2=O)C(=O)N1. The van der Waals surface area contributed by atoms with Crippen molar-refractivity contribution in [2.24, 2.45) is 5.41 Å². The molecule has 0 radical (unpaired) electrons. The highest BCUT2D eigenvalue weighted by Crippen LogP contribution is 2.51. The van der Waals surface area contributed by atoms with Crippen LogP contribution in [0, 0.1) is 5.41 Å². The lowest BCUT2D eigenvalue weighted by molar-refractivity contribution is -0.136. The average molecular weight is 382 g/mol. The molecule has 3 aliphatic heterocycles. The molecule has 1 aromatic carbocycles. The molecule has 148 valence electrons. The quantitative estimate of drug-likeness (QED) is 0.652. The van der Waals surface area contributed by atoms with Crippen LogP contribution in [-0.2, 0) is 22.7 Å². The minimum atomic E-state index is -0.558. The third-order valence-corrected chi connectivity index (χ3v) is 6.86. The van der Waals surface area contributed by atoms with Gasteiger partial charge in [-0.25, -0.2) is 0 Å². The lowest BCUT2D eigenvalue weighted by Gasteiger charge is -2.29. The lowest BCUT2D eigenvalue weighted by atomic mass is 9.96. The first-order chi connectivity index (χ1) is 13.6. The molecular formula is C21H26N4O3. The summed E-state index contributed by atoms with van der Waals surface area (Å²) in [6, 6.07) is 6.04. The lowest BCUT2D eigenvalue weighted by Crippen LogP contribution is -2.52. The van der Waals surface area contributed by atoms with Gasteiger partial charge in [0.2, 0.25) is 11.8 Å². The van der Waals surface area contributed by atoms with Crippen LogP contribution in [0.4, 0.5) is 0 Å². The maximum Gasteiger partial charge on any atom is 0.255 e. The zero-order valence-corrected chi connectivity index (χ0v) is 15.9. The third-order valence-electron chi connectivity index (χ3n) is 6.86. The Balaban J connectivity index is 1.27. The van der Waals surface area contributed by atoms with E-state index in [0.717, 1.165) is 29.8 Å². The molecule has 1 saturated carbocycles. The van der Waals surface area contributed by atoms with Crippen molar-refractivity contribution in [3.8, 4) is 0 Å². The van der Waals surface area contributed by atoms with Gasteiger partial charge in [0.05, 0.1) is 0 Å². The van der Waals surface area contributed by atoms with Crippen molar-refractivity contribution in [1.29, 1.82) is 0 Å². The fraction of sp³-hybridized carbons (Fsp3) is 0.571. The van der Waals surface area contributed by atoms with E-state index in [1.54, 1.807) is 4.90 Å². The molecule has 2 saturated heterocycles. The van der Waals surface area contributed by atoms with Gasteiger partial charge in [0.1, 0.15) is 6.04 Å². The maximum absolute atomic E-state index is 13.1. The van der Waals surface area contributed by atoms with E-state index >= 15 is 0 Å². The molecule has 3 heterocycles. The summed E-state index contributed by atoms with van der Waals surface area (Å²) in [7, 11) is 0. The van der Waals surface area contributed by atoms with Gasteiger partial charge in [0.15, 0.2) is 0 Å². The van der Waals surface area contributed by atoms with Gasteiger partial charge in [-0.1, -0.05) is 18.2 Å². The first kappa shape index (κ1) is 17.8. The molecule has 4 aliphatic rings. The monoisotopic (exact) mass is 382 g/mol. The number of rotatable bonds is 5. The largest absolute Gasteiger partial charge is 0.322 e. The van der Waals surface area contributed by atoms with Crippen LogP contribution >= 0.6 is 0 Å². The number of piperidine rings is 2. The van der Waals surface area contributed by atoms with E-state index in [2.05, 4.69) is 16.0 Å². The summed E-state index contributed by atoms with van der Waals surface area (Å²) in [6.45, 7) is 3.19. The predicted octanol–water partition coefficient (Wildman–Crippen LogP) is 0.679. The highest BCUT2D eigenvalue weighted by atomic mass is 16.2. The number of carbonyl (C=O) groups is 3. The van der Waals surface area contributed by atoms with Crippen LogP contribution in [0.15, 0.2) is 18.2 Å². The second-order valence-electron chi connectivity index (χ2n) is 8.63. The van der Waals surface area contributed by atoms with Crippen LogP contribution in [-0.4, -0.2) is 47.8 Å². The van der Waals surface area contributed by atoms with Crippen molar-refractivity contribution in [3.05, 3.63) is 34.9 Å². The molecule has 1 aromatic rings. The van der Waals surface area contributed by atoms with E-state index in [4.69, 9.17) is 0 Å². The summed E-state index contributed by atoms with van der Waals surface area (Å²) < 4.78 is 0. The third kappa shape index (κ3) is 2.93. The Bertz CT molecular complexity index is 854. The molecular weight excluding hydrogens is 356 g/mol. The Morgan fingerprint density at radius 2 is 2.14 bits per heavy atom. The summed E-state index contributed by atoms with van der Waals surface area (Å²) in [6.07, 6.45) is 4.43. The van der Waals surface area contributed by atoms with Gasteiger partial charge in [-0.3, -0.25) is 19.7 Å². The van der Waals surface area contributed by atoms with Gasteiger partial charge >= 0.3 is 0 Å². The number of hydrogen-bond donors (Lipinski definition) is 3. The molecule has 0 bridgehead atoms. The highest BCUT2D eigenvalue weighted by Gasteiger charge is 2.54. The molecule has 3 atom stereocenters. The van der Waals surface area contributed by atoms with E-state index < -0.39 is 6.04 Å². The van der Waals surface area contributed by atoms with Crippen LogP contribution in [0.25, 0.3) is 0 Å². The molecule has 7 nitrogen and oxygen atoms in total. The van der Waals surface area contributed by atoms with Crippen LogP contribution in [0.5, 0.6) is 0 Å². The maximum atomic E-state index is 13.1. The topological polar surface area (TPSA) is 90.5 Å². The minimum absolute atomic E-state index is 0.0938. The molecule has 1 aliphatic carbocycles. The fourth-order valence-corrected chi connectivity index (χ4v) is 5.20. The van der Waals surface area contributed by atoms with Crippen molar-refractivity contribution >= 4 is 17.7 Å². The second-order valence-corrected chi connectivity index (χ2v) is 8.63. The summed E-state index contributed by atoms with van der Waals surface area (Å²) in [5.41, 5.74) is 3.09. The molecule has 3 unspecified atom stereocenters. The predicted molar refractivity (Wildman–Crippen MR) is 102 cm³/mol. The summed E-state index contributed by atoms with van der Waals surface area (Å²) in [5, 5.41) is 9.52. The van der Waals surface area contributed by atoms with Gasteiger partial charge in [0, 0.05) is 37.7 Å². The fourth-order valence-electron chi connectivity index (χ4n) is 5.20. The smallest absolute Gasteiger partial charge is 0.255 e. The molecule has 7 heteroatoms. The van der Waals surface area contributed by atoms with E-state index in [9.17, 15) is 14.4 Å². The number of fused-ring (bicyclic) bond motifs is 2. The number of nitrogens with zero attached hydrogens (tertiary/aromatic N) is 1. The van der Waals surface area contributed by atoms with Gasteiger partial charge in [-0.05, 0) is 48.8 Å². The first-order valence-corrected chi connectivity index (χ1v) is 10.3. The van der Waals surface area contributed by atoms with Crippen molar-refractivity contribution in [2.45, 2.75) is 57.3 Å². The Morgan fingerprint density at radius 3 is 2.96 bits per heavy atom. The standard InChI is InChI=1S/C21H26N4O3/c26-17-6-5-15(19(27)24-17)25-11-14-4-1-3-13(18(14)20(25)28)10-22-12-21-7-2-8-23-16(21)9-21/h1,3-4,15-16,22-23H,2,5-12H2,(H,24,26,27). The highest BCUT2D eigenvalue weighted by molar-refractivity contribution is 6.05. The average Bonchev–Trinajstić information content (AvgIpc) is 3.31. The van der Waals surface area contributed by atoms with E-state index in [1.807, 2.05) is 18.2 Å². The number of amides is 3. The number of hydrogen-bond acceptors (Lipinski definition) is 5. The second kappa shape index (κ2) is 6.67. The molecule has 0 aromatic heterocycles. The Hall–Kier alpha value is -2.25. The van der Waals surface area contributed by atoms with Crippen molar-refractivity contribution in [2.75, 3.05) is 13.1 Å². The van der Waals surface area contributed by atoms with Crippen LogP contribution in [0.1, 0.15) is 53.6 Å². The van der Waals surface area contributed by atoms with Crippen LogP contribution < -0.4 is 16.0 Å². The number of imide groups is 1. The summed E-state index contributed by atoms with van der Waals surface area (Å²) in [5.74, 6) is -0.713. The molecule has 0 spiro atoms. The van der Waals surface area contributed by atoms with Crippen molar-refractivity contribution in [1.82, 2.24) is 20.9 Å². The van der Waals surface area contributed by atoms with Gasteiger partial charge in [-0.15, -0.1) is 0 Å². The van der Waals surface area contributed by atoms with Gasteiger partial charge < -0.3 is 15.5 Å². The molecule has 5 rings (SSSR count). The Labute approximate surface area is 164 Å². The van der Waals surface area contributed by atoms with E-state index in [0.29, 0.717) is 31.0 Å². The normalized spacial score (nSPS) is 31.4. The minimum Gasteiger partial charge on any atom is -0.322 e. The van der Waals surface area contributed by atoms with Gasteiger partial charge in [0.25, 0.3) is 5.91 Å².